The number of hydrogen-bond donors (Lipinski definition) is 0. The van der Waals surface area contributed by atoms with Gasteiger partial charge in [-0.1, -0.05) is 6.07 Å². The van der Waals surface area contributed by atoms with Crippen molar-refractivity contribution in [2.24, 2.45) is 9.98 Å². The minimum Gasteiger partial charge on any atom is -0.294 e. The van der Waals surface area contributed by atoms with Crippen LogP contribution in [0.15, 0.2) is 28.2 Å². The average Bonchev–Trinajstić information content (AvgIpc) is 2.16. The van der Waals surface area contributed by atoms with Crippen LogP contribution in [-0.2, 0) is 0 Å². The van der Waals surface area contributed by atoms with Crippen molar-refractivity contribution in [2.45, 2.75) is 19.9 Å². The Morgan fingerprint density at radius 2 is 1.86 bits per heavy atom. The molecule has 1 rings (SSSR count). The predicted octanol–water partition coefficient (Wildman–Crippen LogP) is 1.96. The first kappa shape index (κ1) is 10.6. The summed E-state index contributed by atoms with van der Waals surface area (Å²) >= 11 is 0. The smallest absolute Gasteiger partial charge is 0.0815 e. The third-order valence-electron chi connectivity index (χ3n) is 1.56. The van der Waals surface area contributed by atoms with Crippen LogP contribution in [0.1, 0.15) is 25.2 Å². The maximum Gasteiger partial charge on any atom is 0.0815 e. The number of pyridine rings is 1. The van der Waals surface area contributed by atoms with Crippen LogP contribution in [0.25, 0.3) is 0 Å². The Labute approximate surface area is 84.6 Å². The van der Waals surface area contributed by atoms with E-state index in [1.807, 2.05) is 32.0 Å². The number of hydrogen-bond acceptors (Lipinski definition) is 3. The van der Waals surface area contributed by atoms with E-state index in [0.29, 0.717) is 6.04 Å². The summed E-state index contributed by atoms with van der Waals surface area (Å²) in [6.45, 7) is 4.07. The van der Waals surface area contributed by atoms with Crippen molar-refractivity contribution < 1.29 is 0 Å². The van der Waals surface area contributed by atoms with Gasteiger partial charge in [0.1, 0.15) is 0 Å². The molecule has 0 fully saturated rings. The maximum absolute atomic E-state index is 4.34. The molecule has 0 aromatic carbocycles. The van der Waals surface area contributed by atoms with Gasteiger partial charge in [-0.2, -0.15) is 0 Å². The number of aliphatic imine (C=N–C) groups is 2. The fourth-order valence-corrected chi connectivity index (χ4v) is 0.970. The predicted molar refractivity (Wildman–Crippen MR) is 60.5 cm³/mol. The molecule has 1 aromatic rings. The molecule has 0 spiro atoms. The van der Waals surface area contributed by atoms with Gasteiger partial charge in [-0.05, 0) is 26.0 Å². The number of nitrogens with zero attached hydrogens (tertiary/aromatic N) is 3. The van der Waals surface area contributed by atoms with Gasteiger partial charge >= 0.3 is 0 Å². The SMILES string of the molecule is CN=Cc1cccc(C=NC(C)C)n1. The van der Waals surface area contributed by atoms with Crippen LogP contribution in [0.3, 0.4) is 0 Å². The largest absolute Gasteiger partial charge is 0.294 e. The summed E-state index contributed by atoms with van der Waals surface area (Å²) in [5.74, 6) is 0. The van der Waals surface area contributed by atoms with Crippen molar-refractivity contribution >= 4 is 12.4 Å². The molecule has 0 N–H and O–H groups in total. The summed E-state index contributed by atoms with van der Waals surface area (Å²) in [5.41, 5.74) is 1.73. The van der Waals surface area contributed by atoms with E-state index >= 15 is 0 Å². The quantitative estimate of drug-likeness (QED) is 0.670. The Hall–Kier alpha value is -1.51. The van der Waals surface area contributed by atoms with Crippen molar-refractivity contribution in [2.75, 3.05) is 7.05 Å². The third-order valence-corrected chi connectivity index (χ3v) is 1.56. The molecule has 0 aliphatic rings. The zero-order chi connectivity index (χ0) is 10.4. The molecule has 0 aliphatic carbocycles. The van der Waals surface area contributed by atoms with E-state index in [1.165, 1.54) is 0 Å². The Bertz CT molecular complexity index is 340. The highest BCUT2D eigenvalue weighted by molar-refractivity contribution is 5.81. The standard InChI is InChI=1S/C11H15N3/c1-9(2)13-8-11-6-4-5-10(14-11)7-12-3/h4-9H,1-3H3. The first-order valence-corrected chi connectivity index (χ1v) is 4.65. The van der Waals surface area contributed by atoms with Gasteiger partial charge in [0.25, 0.3) is 0 Å². The molecular formula is C11H15N3. The normalized spacial score (nSPS) is 12.0. The van der Waals surface area contributed by atoms with Gasteiger partial charge in [0.05, 0.1) is 11.4 Å². The third kappa shape index (κ3) is 3.47. The van der Waals surface area contributed by atoms with Crippen LogP contribution in [0.5, 0.6) is 0 Å². The highest BCUT2D eigenvalue weighted by atomic mass is 14.8. The second kappa shape index (κ2) is 5.27. The van der Waals surface area contributed by atoms with Gasteiger partial charge in [-0.15, -0.1) is 0 Å². The molecular weight excluding hydrogens is 174 g/mol. The lowest BCUT2D eigenvalue weighted by molar-refractivity contribution is 0.840. The van der Waals surface area contributed by atoms with E-state index in [2.05, 4.69) is 15.0 Å². The van der Waals surface area contributed by atoms with Crippen molar-refractivity contribution in [3.8, 4) is 0 Å². The summed E-state index contributed by atoms with van der Waals surface area (Å²) < 4.78 is 0. The summed E-state index contributed by atoms with van der Waals surface area (Å²) in [6, 6.07) is 6.10. The molecule has 14 heavy (non-hydrogen) atoms. The van der Waals surface area contributed by atoms with Gasteiger partial charge in [0, 0.05) is 25.5 Å². The highest BCUT2D eigenvalue weighted by Crippen LogP contribution is 1.96. The minimum atomic E-state index is 0.306. The Morgan fingerprint density at radius 1 is 1.21 bits per heavy atom. The molecule has 3 heteroatoms. The Balaban J connectivity index is 2.83. The van der Waals surface area contributed by atoms with Crippen LogP contribution < -0.4 is 0 Å². The fraction of sp³-hybridized carbons (Fsp3) is 0.364. The zero-order valence-electron chi connectivity index (χ0n) is 8.81. The summed E-state index contributed by atoms with van der Waals surface area (Å²) in [7, 11) is 1.73. The lowest BCUT2D eigenvalue weighted by Crippen LogP contribution is -1.95. The number of rotatable bonds is 3. The zero-order valence-corrected chi connectivity index (χ0v) is 8.81. The van der Waals surface area contributed by atoms with Crippen molar-refractivity contribution in [3.63, 3.8) is 0 Å². The van der Waals surface area contributed by atoms with Gasteiger partial charge in [0.15, 0.2) is 0 Å². The van der Waals surface area contributed by atoms with E-state index in [-0.39, 0.29) is 0 Å². The van der Waals surface area contributed by atoms with Crippen molar-refractivity contribution in [3.05, 3.63) is 29.6 Å². The molecule has 1 heterocycles. The average molecular weight is 189 g/mol. The van der Waals surface area contributed by atoms with E-state index in [9.17, 15) is 0 Å². The molecule has 74 valence electrons. The van der Waals surface area contributed by atoms with Gasteiger partial charge < -0.3 is 0 Å². The van der Waals surface area contributed by atoms with E-state index in [0.717, 1.165) is 11.4 Å². The Morgan fingerprint density at radius 3 is 2.43 bits per heavy atom. The van der Waals surface area contributed by atoms with Crippen LogP contribution >= 0.6 is 0 Å². The molecule has 0 saturated carbocycles. The van der Waals surface area contributed by atoms with E-state index < -0.39 is 0 Å². The number of aromatic nitrogens is 1. The van der Waals surface area contributed by atoms with E-state index in [4.69, 9.17) is 0 Å². The second-order valence-corrected chi connectivity index (χ2v) is 3.25. The first-order valence-electron chi connectivity index (χ1n) is 4.65. The molecule has 0 bridgehead atoms. The lowest BCUT2D eigenvalue weighted by atomic mass is 10.3. The molecule has 0 saturated heterocycles. The topological polar surface area (TPSA) is 37.6 Å². The first-order chi connectivity index (χ1) is 6.72. The minimum absolute atomic E-state index is 0.306. The van der Waals surface area contributed by atoms with Crippen LogP contribution in [0, 0.1) is 0 Å². The van der Waals surface area contributed by atoms with Crippen LogP contribution in [0.4, 0.5) is 0 Å². The van der Waals surface area contributed by atoms with E-state index in [1.54, 1.807) is 19.5 Å². The highest BCUT2D eigenvalue weighted by Gasteiger charge is 1.92. The van der Waals surface area contributed by atoms with Crippen molar-refractivity contribution in [1.82, 2.24) is 4.98 Å². The second-order valence-electron chi connectivity index (χ2n) is 3.25. The monoisotopic (exact) mass is 189 g/mol. The molecule has 0 atom stereocenters. The van der Waals surface area contributed by atoms with Crippen LogP contribution in [-0.4, -0.2) is 30.5 Å². The molecule has 0 unspecified atom stereocenters. The summed E-state index contributed by atoms with van der Waals surface area (Å²) in [4.78, 5) is 12.5. The van der Waals surface area contributed by atoms with Gasteiger partial charge in [0.2, 0.25) is 0 Å². The lowest BCUT2D eigenvalue weighted by Gasteiger charge is -1.96. The molecule has 1 aromatic heterocycles. The van der Waals surface area contributed by atoms with Crippen molar-refractivity contribution in [1.29, 1.82) is 0 Å². The molecule has 0 radical (unpaired) electrons. The maximum atomic E-state index is 4.34. The van der Waals surface area contributed by atoms with Crippen LogP contribution in [0.2, 0.25) is 0 Å². The Kier molecular flexibility index (Phi) is 3.98. The van der Waals surface area contributed by atoms with Gasteiger partial charge in [-0.3, -0.25) is 9.98 Å². The summed E-state index contributed by atoms with van der Waals surface area (Å²) in [5, 5.41) is 0. The molecule has 0 aliphatic heterocycles. The molecule has 0 amide bonds. The fourth-order valence-electron chi connectivity index (χ4n) is 0.970. The summed E-state index contributed by atoms with van der Waals surface area (Å²) in [6.07, 6.45) is 3.52. The van der Waals surface area contributed by atoms with Gasteiger partial charge in [-0.25, -0.2) is 4.98 Å². The molecule has 3 nitrogen and oxygen atoms in total.